The molecule has 0 aliphatic heterocycles. The van der Waals surface area contributed by atoms with Gasteiger partial charge >= 0.3 is 0 Å². The zero-order chi connectivity index (χ0) is 12.5. The molecule has 0 aliphatic rings. The van der Waals surface area contributed by atoms with Crippen LogP contribution in [0.1, 0.15) is 32.6 Å². The number of aromatic nitrogens is 2. The second-order valence-electron chi connectivity index (χ2n) is 3.84. The molecular weight excluding hydrogens is 216 g/mol. The average Bonchev–Trinajstić information content (AvgIpc) is 2.38. The average molecular weight is 238 g/mol. The van der Waals surface area contributed by atoms with Crippen molar-refractivity contribution in [3.05, 3.63) is 6.33 Å². The second kappa shape index (κ2) is 7.70. The van der Waals surface area contributed by atoms with E-state index in [0.717, 1.165) is 18.8 Å². The molecule has 1 aromatic heterocycles. The molecule has 0 radical (unpaired) electrons. The third-order valence-corrected chi connectivity index (χ3v) is 2.57. The van der Waals surface area contributed by atoms with Crippen molar-refractivity contribution in [2.24, 2.45) is 0 Å². The van der Waals surface area contributed by atoms with Crippen LogP contribution in [0.5, 0.6) is 5.75 Å². The van der Waals surface area contributed by atoms with E-state index in [0.29, 0.717) is 11.6 Å². The topological polar surface area (TPSA) is 59.1 Å². The molecule has 2 N–H and O–H groups in total. The van der Waals surface area contributed by atoms with Crippen molar-refractivity contribution < 1.29 is 4.74 Å². The first-order valence-electron chi connectivity index (χ1n) is 6.14. The van der Waals surface area contributed by atoms with Crippen molar-refractivity contribution >= 4 is 11.6 Å². The van der Waals surface area contributed by atoms with Gasteiger partial charge in [0.05, 0.1) is 7.11 Å². The quantitative estimate of drug-likeness (QED) is 0.681. The first-order valence-corrected chi connectivity index (χ1v) is 6.14. The Bertz CT molecular complexity index is 330. The Morgan fingerprint density at radius 1 is 1.18 bits per heavy atom. The fourth-order valence-electron chi connectivity index (χ4n) is 1.63. The fourth-order valence-corrected chi connectivity index (χ4v) is 1.63. The van der Waals surface area contributed by atoms with Crippen LogP contribution in [0.3, 0.4) is 0 Å². The van der Waals surface area contributed by atoms with E-state index in [1.54, 1.807) is 7.11 Å². The molecule has 0 aromatic carbocycles. The molecule has 0 aliphatic carbocycles. The van der Waals surface area contributed by atoms with Gasteiger partial charge in [-0.1, -0.05) is 26.2 Å². The Hall–Kier alpha value is -1.52. The molecule has 0 atom stereocenters. The fraction of sp³-hybridized carbons (Fsp3) is 0.667. The van der Waals surface area contributed by atoms with Crippen LogP contribution in [0.15, 0.2) is 6.33 Å². The number of ether oxygens (including phenoxy) is 1. The van der Waals surface area contributed by atoms with Crippen LogP contribution in [-0.2, 0) is 0 Å². The van der Waals surface area contributed by atoms with E-state index in [9.17, 15) is 0 Å². The summed E-state index contributed by atoms with van der Waals surface area (Å²) < 4.78 is 5.30. The van der Waals surface area contributed by atoms with Crippen LogP contribution in [0, 0.1) is 0 Å². The normalized spacial score (nSPS) is 10.1. The highest BCUT2D eigenvalue weighted by Gasteiger charge is 2.09. The standard InChI is InChI=1S/C12H22N4O/c1-4-5-6-7-8-14-12-10(17-3)11(13-2)15-9-16-12/h9H,4-8H2,1-3H3,(H2,13,14,15,16). The van der Waals surface area contributed by atoms with E-state index in [4.69, 9.17) is 4.74 Å². The number of hydrogen-bond donors (Lipinski definition) is 2. The van der Waals surface area contributed by atoms with Crippen molar-refractivity contribution in [2.75, 3.05) is 31.3 Å². The number of anilines is 2. The van der Waals surface area contributed by atoms with Gasteiger partial charge in [-0.25, -0.2) is 9.97 Å². The lowest BCUT2D eigenvalue weighted by Gasteiger charge is -2.12. The van der Waals surface area contributed by atoms with Crippen LogP contribution < -0.4 is 15.4 Å². The molecule has 0 saturated heterocycles. The maximum absolute atomic E-state index is 5.30. The van der Waals surface area contributed by atoms with Crippen LogP contribution in [0.4, 0.5) is 11.6 Å². The summed E-state index contributed by atoms with van der Waals surface area (Å²) in [5.74, 6) is 2.13. The highest BCUT2D eigenvalue weighted by atomic mass is 16.5. The number of nitrogens with one attached hydrogen (secondary N) is 2. The third-order valence-electron chi connectivity index (χ3n) is 2.57. The predicted molar refractivity (Wildman–Crippen MR) is 70.8 cm³/mol. The Labute approximate surface area is 103 Å². The van der Waals surface area contributed by atoms with Crippen LogP contribution in [0.25, 0.3) is 0 Å². The molecule has 5 nitrogen and oxygen atoms in total. The molecule has 1 aromatic rings. The molecule has 5 heteroatoms. The number of rotatable bonds is 8. The number of unbranched alkanes of at least 4 members (excludes halogenated alkanes) is 3. The summed E-state index contributed by atoms with van der Waals surface area (Å²) in [6.45, 7) is 3.12. The predicted octanol–water partition coefficient (Wildman–Crippen LogP) is 2.52. The minimum absolute atomic E-state index is 0.672. The summed E-state index contributed by atoms with van der Waals surface area (Å²) in [5, 5.41) is 6.26. The summed E-state index contributed by atoms with van der Waals surface area (Å²) >= 11 is 0. The molecule has 0 amide bonds. The van der Waals surface area contributed by atoms with E-state index in [1.165, 1.54) is 25.6 Å². The van der Waals surface area contributed by atoms with Crippen molar-refractivity contribution in [3.63, 3.8) is 0 Å². The Balaban J connectivity index is 2.52. The largest absolute Gasteiger partial charge is 0.490 e. The van der Waals surface area contributed by atoms with E-state index >= 15 is 0 Å². The highest BCUT2D eigenvalue weighted by Crippen LogP contribution is 2.28. The lowest BCUT2D eigenvalue weighted by atomic mass is 10.2. The maximum Gasteiger partial charge on any atom is 0.204 e. The van der Waals surface area contributed by atoms with Gasteiger partial charge in [-0.15, -0.1) is 0 Å². The summed E-state index contributed by atoms with van der Waals surface area (Å²) in [6.07, 6.45) is 6.46. The zero-order valence-corrected chi connectivity index (χ0v) is 10.9. The molecule has 0 saturated carbocycles. The van der Waals surface area contributed by atoms with Gasteiger partial charge in [0.15, 0.2) is 11.6 Å². The van der Waals surface area contributed by atoms with Crippen molar-refractivity contribution in [1.82, 2.24) is 9.97 Å². The lowest BCUT2D eigenvalue weighted by molar-refractivity contribution is 0.415. The maximum atomic E-state index is 5.30. The van der Waals surface area contributed by atoms with Crippen LogP contribution in [0.2, 0.25) is 0 Å². The van der Waals surface area contributed by atoms with Crippen molar-refractivity contribution in [1.29, 1.82) is 0 Å². The van der Waals surface area contributed by atoms with Crippen molar-refractivity contribution in [2.45, 2.75) is 32.6 Å². The van der Waals surface area contributed by atoms with Gasteiger partial charge in [0.2, 0.25) is 5.75 Å². The second-order valence-corrected chi connectivity index (χ2v) is 3.84. The van der Waals surface area contributed by atoms with E-state index in [1.807, 2.05) is 7.05 Å². The van der Waals surface area contributed by atoms with Crippen LogP contribution >= 0.6 is 0 Å². The number of hydrogen-bond acceptors (Lipinski definition) is 5. The van der Waals surface area contributed by atoms with Gasteiger partial charge in [0.1, 0.15) is 6.33 Å². The first-order chi connectivity index (χ1) is 8.33. The SMILES string of the molecule is CCCCCCNc1ncnc(NC)c1OC. The molecule has 0 fully saturated rings. The van der Waals surface area contributed by atoms with Crippen LogP contribution in [-0.4, -0.2) is 30.7 Å². The molecule has 17 heavy (non-hydrogen) atoms. The number of nitrogens with zero attached hydrogens (tertiary/aromatic N) is 2. The molecule has 1 rings (SSSR count). The molecular formula is C12H22N4O. The smallest absolute Gasteiger partial charge is 0.204 e. The first kappa shape index (κ1) is 13.5. The zero-order valence-electron chi connectivity index (χ0n) is 10.9. The third kappa shape index (κ3) is 4.09. The van der Waals surface area contributed by atoms with Gasteiger partial charge in [-0.05, 0) is 6.42 Å². The summed E-state index contributed by atoms with van der Waals surface area (Å²) in [5.41, 5.74) is 0. The lowest BCUT2D eigenvalue weighted by Crippen LogP contribution is -2.07. The molecule has 0 bridgehead atoms. The molecule has 0 spiro atoms. The summed E-state index contributed by atoms with van der Waals surface area (Å²) in [4.78, 5) is 8.29. The van der Waals surface area contributed by atoms with Gasteiger partial charge in [0.25, 0.3) is 0 Å². The van der Waals surface area contributed by atoms with Gasteiger partial charge in [0, 0.05) is 13.6 Å². The Morgan fingerprint density at radius 2 is 1.94 bits per heavy atom. The Morgan fingerprint density at radius 3 is 2.59 bits per heavy atom. The van der Waals surface area contributed by atoms with Gasteiger partial charge in [-0.2, -0.15) is 0 Å². The molecule has 96 valence electrons. The molecule has 1 heterocycles. The van der Waals surface area contributed by atoms with Gasteiger partial charge < -0.3 is 15.4 Å². The minimum atomic E-state index is 0.672. The van der Waals surface area contributed by atoms with Gasteiger partial charge in [-0.3, -0.25) is 0 Å². The summed E-state index contributed by atoms with van der Waals surface area (Å²) in [6, 6.07) is 0. The summed E-state index contributed by atoms with van der Waals surface area (Å²) in [7, 11) is 3.44. The van der Waals surface area contributed by atoms with E-state index < -0.39 is 0 Å². The van der Waals surface area contributed by atoms with Crippen molar-refractivity contribution in [3.8, 4) is 5.75 Å². The minimum Gasteiger partial charge on any atom is -0.490 e. The van der Waals surface area contributed by atoms with E-state index in [-0.39, 0.29) is 0 Å². The Kier molecular flexibility index (Phi) is 6.14. The monoisotopic (exact) mass is 238 g/mol. The van der Waals surface area contributed by atoms with E-state index in [2.05, 4.69) is 27.5 Å². The number of methoxy groups -OCH3 is 1. The highest BCUT2D eigenvalue weighted by molar-refractivity contribution is 5.63. The molecule has 0 unspecified atom stereocenters.